The van der Waals surface area contributed by atoms with E-state index < -0.39 is 0 Å². The molecule has 7 heteroatoms. The fraction of sp³-hybridized carbons (Fsp3) is 0.462. The second-order valence-electron chi connectivity index (χ2n) is 9.95. The summed E-state index contributed by atoms with van der Waals surface area (Å²) in [6, 6.07) is 11.7. The number of piperidine rings is 1. The zero-order chi connectivity index (χ0) is 23.8. The van der Waals surface area contributed by atoms with Crippen LogP contribution in [-0.4, -0.2) is 46.5 Å². The van der Waals surface area contributed by atoms with Crippen LogP contribution < -0.4 is 4.90 Å². The van der Waals surface area contributed by atoms with Gasteiger partial charge in [-0.15, -0.1) is 0 Å². The van der Waals surface area contributed by atoms with E-state index >= 15 is 0 Å². The zero-order valence-corrected chi connectivity index (χ0v) is 21.3. The number of benzene rings is 1. The van der Waals surface area contributed by atoms with Gasteiger partial charge >= 0.3 is 0 Å². The highest BCUT2D eigenvalue weighted by molar-refractivity contribution is 6.33. The predicted molar refractivity (Wildman–Crippen MR) is 138 cm³/mol. The van der Waals surface area contributed by atoms with Gasteiger partial charge in [0.1, 0.15) is 10.3 Å². The number of pyridine rings is 1. The van der Waals surface area contributed by atoms with Gasteiger partial charge in [-0.05, 0) is 62.2 Å². The molecule has 0 saturated carbocycles. The van der Waals surface area contributed by atoms with Crippen molar-refractivity contribution in [2.75, 3.05) is 24.5 Å². The molecule has 2 aromatic heterocycles. The minimum atomic E-state index is -0.0962. The van der Waals surface area contributed by atoms with E-state index in [1.54, 1.807) is 12.1 Å². The summed E-state index contributed by atoms with van der Waals surface area (Å²) in [5.74, 6) is -0.0962. The van der Waals surface area contributed by atoms with E-state index in [1.165, 1.54) is 5.69 Å². The Labute approximate surface area is 206 Å². The van der Waals surface area contributed by atoms with Crippen LogP contribution in [0.4, 0.5) is 5.69 Å². The zero-order valence-electron chi connectivity index (χ0n) is 19.8. The Morgan fingerprint density at radius 1 is 1.12 bits per heavy atom. The number of aromatic amines is 1. The number of fused-ring (bicyclic) bond motifs is 1. The largest absolute Gasteiger partial charge is 0.358 e. The van der Waals surface area contributed by atoms with Crippen LogP contribution in [0.25, 0.3) is 10.9 Å². The summed E-state index contributed by atoms with van der Waals surface area (Å²) in [6.07, 6.45) is 3.00. The summed E-state index contributed by atoms with van der Waals surface area (Å²) >= 11 is 12.3. The van der Waals surface area contributed by atoms with E-state index in [2.05, 4.69) is 60.8 Å². The van der Waals surface area contributed by atoms with Gasteiger partial charge < -0.3 is 14.8 Å². The number of anilines is 1. The fourth-order valence-corrected chi connectivity index (χ4v) is 5.07. The maximum atomic E-state index is 13.8. The monoisotopic (exact) mass is 486 g/mol. The van der Waals surface area contributed by atoms with Gasteiger partial charge in [-0.25, -0.2) is 4.98 Å². The van der Waals surface area contributed by atoms with Gasteiger partial charge in [0.25, 0.3) is 5.91 Å². The highest BCUT2D eigenvalue weighted by atomic mass is 35.5. The molecule has 0 atom stereocenters. The molecular weight excluding hydrogens is 455 g/mol. The lowest BCUT2D eigenvalue weighted by Crippen LogP contribution is -2.47. The van der Waals surface area contributed by atoms with Crippen LogP contribution in [0.3, 0.4) is 0 Å². The van der Waals surface area contributed by atoms with Crippen molar-refractivity contribution in [1.29, 1.82) is 0 Å². The Hall–Kier alpha value is -2.08. The van der Waals surface area contributed by atoms with Crippen LogP contribution in [-0.2, 0) is 5.41 Å². The predicted octanol–water partition coefficient (Wildman–Crippen LogP) is 6.69. The molecule has 1 aliphatic heterocycles. The van der Waals surface area contributed by atoms with E-state index in [9.17, 15) is 4.79 Å². The molecule has 33 heavy (non-hydrogen) atoms. The molecule has 5 nitrogen and oxygen atoms in total. The van der Waals surface area contributed by atoms with E-state index in [1.807, 2.05) is 11.0 Å². The van der Waals surface area contributed by atoms with Crippen LogP contribution in [0, 0.1) is 0 Å². The smallest absolute Gasteiger partial charge is 0.258 e. The standard InChI is InChI=1S/C26H32Cl2N4O/c1-5-10-31-11-8-19(9-12-31)32(25(33)18-15-23(27)30-24(28)16-18)20-6-7-21-17(13-20)14-22(29-21)26(2,3)4/h6-7,13-16,19,29H,5,8-12H2,1-4H3. The molecule has 1 aromatic carbocycles. The van der Waals surface area contributed by atoms with E-state index in [-0.39, 0.29) is 27.7 Å². The quantitative estimate of drug-likeness (QED) is 0.408. The van der Waals surface area contributed by atoms with Crippen molar-refractivity contribution in [2.45, 2.75) is 58.4 Å². The Morgan fingerprint density at radius 2 is 1.79 bits per heavy atom. The molecule has 1 aliphatic rings. The van der Waals surface area contributed by atoms with Crippen LogP contribution in [0.15, 0.2) is 36.4 Å². The topological polar surface area (TPSA) is 52.2 Å². The summed E-state index contributed by atoms with van der Waals surface area (Å²) in [6.45, 7) is 11.8. The van der Waals surface area contributed by atoms with Crippen LogP contribution in [0.1, 0.15) is 63.0 Å². The third-order valence-electron chi connectivity index (χ3n) is 6.38. The van der Waals surface area contributed by atoms with Crippen molar-refractivity contribution in [3.8, 4) is 0 Å². The van der Waals surface area contributed by atoms with Gasteiger partial charge in [-0.2, -0.15) is 0 Å². The fourth-order valence-electron chi connectivity index (χ4n) is 4.61. The Kier molecular flexibility index (Phi) is 7.04. The number of aromatic nitrogens is 2. The minimum absolute atomic E-state index is 0.0192. The molecule has 176 valence electrons. The molecule has 1 amide bonds. The molecule has 0 radical (unpaired) electrons. The molecule has 0 spiro atoms. The number of hydrogen-bond acceptors (Lipinski definition) is 3. The van der Waals surface area contributed by atoms with Gasteiger partial charge in [-0.3, -0.25) is 4.79 Å². The average Bonchev–Trinajstić information content (AvgIpc) is 3.19. The van der Waals surface area contributed by atoms with Crippen molar-refractivity contribution in [2.24, 2.45) is 0 Å². The second-order valence-corrected chi connectivity index (χ2v) is 10.7. The summed E-state index contributed by atoms with van der Waals surface area (Å²) < 4.78 is 0. The van der Waals surface area contributed by atoms with Crippen molar-refractivity contribution >= 4 is 45.7 Å². The summed E-state index contributed by atoms with van der Waals surface area (Å²) in [4.78, 5) is 25.8. The average molecular weight is 487 g/mol. The first-order valence-corrected chi connectivity index (χ1v) is 12.4. The lowest BCUT2D eigenvalue weighted by atomic mass is 9.92. The maximum Gasteiger partial charge on any atom is 0.258 e. The maximum absolute atomic E-state index is 13.8. The van der Waals surface area contributed by atoms with Gasteiger partial charge in [-0.1, -0.05) is 50.9 Å². The molecular formula is C26H32Cl2N4O. The Bertz CT molecular complexity index is 1120. The first-order chi connectivity index (χ1) is 15.7. The molecule has 1 saturated heterocycles. The van der Waals surface area contributed by atoms with E-state index in [0.717, 1.165) is 55.5 Å². The minimum Gasteiger partial charge on any atom is -0.358 e. The van der Waals surface area contributed by atoms with Crippen LogP contribution >= 0.6 is 23.2 Å². The van der Waals surface area contributed by atoms with Gasteiger partial charge in [0.2, 0.25) is 0 Å². The number of halogens is 2. The summed E-state index contributed by atoms with van der Waals surface area (Å²) in [5, 5.41) is 1.54. The normalized spacial score (nSPS) is 15.8. The van der Waals surface area contributed by atoms with Crippen molar-refractivity contribution in [3.05, 3.63) is 58.0 Å². The molecule has 0 bridgehead atoms. The number of carbonyl (C=O) groups is 1. The van der Waals surface area contributed by atoms with E-state index in [4.69, 9.17) is 23.2 Å². The number of amides is 1. The number of nitrogens with one attached hydrogen (secondary N) is 1. The number of carbonyl (C=O) groups excluding carboxylic acids is 1. The van der Waals surface area contributed by atoms with Crippen molar-refractivity contribution in [1.82, 2.24) is 14.9 Å². The van der Waals surface area contributed by atoms with E-state index in [0.29, 0.717) is 5.56 Å². The highest BCUT2D eigenvalue weighted by Gasteiger charge is 2.30. The van der Waals surface area contributed by atoms with Gasteiger partial charge in [0.15, 0.2) is 0 Å². The molecule has 4 rings (SSSR count). The number of rotatable bonds is 5. The Morgan fingerprint density at radius 3 is 2.39 bits per heavy atom. The SMILES string of the molecule is CCCN1CCC(N(C(=O)c2cc(Cl)nc(Cl)c2)c2ccc3[nH]c(C(C)(C)C)cc3c2)CC1. The third-order valence-corrected chi connectivity index (χ3v) is 6.77. The number of H-pyrrole nitrogens is 1. The van der Waals surface area contributed by atoms with Crippen molar-refractivity contribution < 1.29 is 4.79 Å². The third kappa shape index (κ3) is 5.37. The Balaban J connectivity index is 1.73. The first-order valence-electron chi connectivity index (χ1n) is 11.7. The first kappa shape index (κ1) is 24.1. The molecule has 3 heterocycles. The lowest BCUT2D eigenvalue weighted by Gasteiger charge is -2.38. The van der Waals surface area contributed by atoms with Gasteiger partial charge in [0, 0.05) is 52.4 Å². The molecule has 0 unspecified atom stereocenters. The van der Waals surface area contributed by atoms with Crippen LogP contribution in [0.2, 0.25) is 10.3 Å². The molecule has 1 fully saturated rings. The van der Waals surface area contributed by atoms with Crippen LogP contribution in [0.5, 0.6) is 0 Å². The molecule has 0 aliphatic carbocycles. The molecule has 1 N–H and O–H groups in total. The summed E-state index contributed by atoms with van der Waals surface area (Å²) in [5.41, 5.74) is 3.62. The number of nitrogens with zero attached hydrogens (tertiary/aromatic N) is 3. The summed E-state index contributed by atoms with van der Waals surface area (Å²) in [7, 11) is 0. The highest BCUT2D eigenvalue weighted by Crippen LogP contribution is 2.32. The number of hydrogen-bond donors (Lipinski definition) is 1. The lowest BCUT2D eigenvalue weighted by molar-refractivity contribution is 0.0960. The van der Waals surface area contributed by atoms with Gasteiger partial charge in [0.05, 0.1) is 0 Å². The van der Waals surface area contributed by atoms with Crippen molar-refractivity contribution in [3.63, 3.8) is 0 Å². The number of likely N-dealkylation sites (tertiary alicyclic amines) is 1. The molecule has 3 aromatic rings. The second kappa shape index (κ2) is 9.65.